The van der Waals surface area contributed by atoms with Crippen LogP contribution in [0.3, 0.4) is 0 Å². The fourth-order valence-corrected chi connectivity index (χ4v) is 10.4. The summed E-state index contributed by atoms with van der Waals surface area (Å²) in [6, 6.07) is 82.6. The zero-order valence-corrected chi connectivity index (χ0v) is 34.5. The number of hydrogen-bond donors (Lipinski definition) is 0. The first-order valence-electron chi connectivity index (χ1n) is 21.0. The Morgan fingerprint density at radius 2 is 0.919 bits per heavy atom. The molecule has 12 rings (SSSR count). The van der Waals surface area contributed by atoms with Gasteiger partial charge in [-0.3, -0.25) is 0 Å². The van der Waals surface area contributed by atoms with Gasteiger partial charge in [0.2, 0.25) is 0 Å². The minimum absolute atomic E-state index is 0.827. The minimum Gasteiger partial charge on any atom is -0.454 e. The van der Waals surface area contributed by atoms with E-state index in [4.69, 9.17) is 4.74 Å². The number of rotatable bonds is 8. The van der Waals surface area contributed by atoms with E-state index in [-0.39, 0.29) is 0 Å². The Bertz CT molecular complexity index is 3380. The summed E-state index contributed by atoms with van der Waals surface area (Å²) in [6.07, 6.45) is 0. The molecule has 0 unspecified atom stereocenters. The summed E-state index contributed by atoms with van der Waals surface area (Å²) in [4.78, 5) is 4.65. The van der Waals surface area contributed by atoms with Gasteiger partial charge in [0.15, 0.2) is 5.75 Å². The molecule has 0 aliphatic carbocycles. The molecule has 0 saturated heterocycles. The zero-order chi connectivity index (χ0) is 41.0. The van der Waals surface area contributed by atoms with E-state index >= 15 is 0 Å². The van der Waals surface area contributed by atoms with E-state index in [1.54, 1.807) is 0 Å². The maximum atomic E-state index is 7.16. The maximum Gasteiger partial charge on any atom is 0.159 e. The van der Waals surface area contributed by atoms with Gasteiger partial charge in [0.1, 0.15) is 5.75 Å². The van der Waals surface area contributed by atoms with Gasteiger partial charge in [-0.05, 0) is 112 Å². The fraction of sp³-hybridized carbons (Fsp3) is 0. The Kier molecular flexibility index (Phi) is 8.68. The standard InChI is InChI=1S/C58H38N2OS/c1-4-14-39(15-5-1)40-26-31-45(32-27-40)60(46-33-28-41(29-34-46)48-22-13-24-51-49-21-10-11-25-55(49)62-58(48)51)53-36-30-42-16-12-23-50-52-38-47(35-37-54(52)61-57(53)56(42)50)59(43-17-6-2-7-18-43)44-19-8-3-9-20-44/h1-38H. The number of hydrogen-bond acceptors (Lipinski definition) is 4. The summed E-state index contributed by atoms with van der Waals surface area (Å²) >= 11 is 1.87. The summed E-state index contributed by atoms with van der Waals surface area (Å²) in [5.41, 5.74) is 13.3. The molecule has 0 radical (unpaired) electrons. The van der Waals surface area contributed by atoms with E-state index < -0.39 is 0 Å². The third-order valence-corrected chi connectivity index (χ3v) is 13.3. The topological polar surface area (TPSA) is 15.7 Å². The average Bonchev–Trinajstić information content (AvgIpc) is 3.73. The van der Waals surface area contributed by atoms with Crippen LogP contribution < -0.4 is 14.5 Å². The second kappa shape index (κ2) is 15.0. The van der Waals surface area contributed by atoms with Crippen molar-refractivity contribution >= 4 is 76.4 Å². The van der Waals surface area contributed by atoms with Gasteiger partial charge in [-0.15, -0.1) is 11.3 Å². The lowest BCUT2D eigenvalue weighted by Crippen LogP contribution is -2.13. The lowest BCUT2D eigenvalue weighted by atomic mass is 9.93. The van der Waals surface area contributed by atoms with Crippen LogP contribution in [0.4, 0.5) is 34.1 Å². The lowest BCUT2D eigenvalue weighted by molar-refractivity contribution is 0.488. The summed E-state index contributed by atoms with van der Waals surface area (Å²) in [7, 11) is 0. The van der Waals surface area contributed by atoms with E-state index in [1.165, 1.54) is 42.4 Å². The molecule has 1 aliphatic heterocycles. The highest BCUT2D eigenvalue weighted by atomic mass is 32.1. The van der Waals surface area contributed by atoms with Crippen LogP contribution >= 0.6 is 11.3 Å². The molecule has 1 aliphatic rings. The normalized spacial score (nSPS) is 11.7. The second-order valence-corrected chi connectivity index (χ2v) is 16.7. The van der Waals surface area contributed by atoms with E-state index in [0.29, 0.717) is 0 Å². The first-order chi connectivity index (χ1) is 30.7. The van der Waals surface area contributed by atoms with Crippen molar-refractivity contribution in [2.45, 2.75) is 0 Å². The van der Waals surface area contributed by atoms with Gasteiger partial charge in [-0.2, -0.15) is 0 Å². The second-order valence-electron chi connectivity index (χ2n) is 15.7. The SMILES string of the molecule is c1ccc(-c2ccc(N(c3ccc(-c4cccc5c4sc4ccccc45)cc3)c3ccc4cccc5c4c3Oc3ccc(N(c4ccccc4)c4ccccc4)cc3-5)cc2)cc1. The molecule has 0 atom stereocenters. The number of benzene rings is 10. The molecule has 0 saturated carbocycles. The van der Waals surface area contributed by atoms with Gasteiger partial charge < -0.3 is 14.5 Å². The first-order valence-corrected chi connectivity index (χ1v) is 21.8. The molecule has 0 N–H and O–H groups in total. The summed E-state index contributed by atoms with van der Waals surface area (Å²) in [5.74, 6) is 1.67. The molecule has 292 valence electrons. The van der Waals surface area contributed by atoms with Crippen molar-refractivity contribution in [1.82, 2.24) is 0 Å². The minimum atomic E-state index is 0.827. The van der Waals surface area contributed by atoms with Gasteiger partial charge in [-0.25, -0.2) is 0 Å². The molecule has 0 fully saturated rings. The molecule has 62 heavy (non-hydrogen) atoms. The Morgan fingerprint density at radius 1 is 0.355 bits per heavy atom. The average molecular weight is 811 g/mol. The van der Waals surface area contributed by atoms with Crippen LogP contribution in [-0.4, -0.2) is 0 Å². The Morgan fingerprint density at radius 3 is 1.65 bits per heavy atom. The predicted octanol–water partition coefficient (Wildman–Crippen LogP) is 17.3. The van der Waals surface area contributed by atoms with Crippen LogP contribution in [0.1, 0.15) is 0 Å². The Hall–Kier alpha value is -7.92. The predicted molar refractivity (Wildman–Crippen MR) is 263 cm³/mol. The number of anilines is 6. The highest BCUT2D eigenvalue weighted by Crippen LogP contribution is 2.54. The van der Waals surface area contributed by atoms with E-state index in [2.05, 4.69) is 240 Å². The molecule has 2 heterocycles. The van der Waals surface area contributed by atoms with Crippen LogP contribution in [0.2, 0.25) is 0 Å². The smallest absolute Gasteiger partial charge is 0.159 e. The maximum absolute atomic E-state index is 7.16. The summed E-state index contributed by atoms with van der Waals surface area (Å²) < 4.78 is 9.78. The van der Waals surface area contributed by atoms with E-state index in [0.717, 1.165) is 67.5 Å². The summed E-state index contributed by atoms with van der Waals surface area (Å²) in [5, 5.41) is 4.84. The number of fused-ring (bicyclic) bond motifs is 5. The molecule has 0 bridgehead atoms. The van der Waals surface area contributed by atoms with Crippen LogP contribution in [0.5, 0.6) is 11.5 Å². The van der Waals surface area contributed by atoms with Crippen molar-refractivity contribution in [1.29, 1.82) is 0 Å². The lowest BCUT2D eigenvalue weighted by Gasteiger charge is -2.31. The summed E-state index contributed by atoms with van der Waals surface area (Å²) in [6.45, 7) is 0. The van der Waals surface area contributed by atoms with E-state index in [1.807, 2.05) is 11.3 Å². The number of thiophene rings is 1. The molecule has 4 heteroatoms. The molecule has 10 aromatic carbocycles. The van der Waals surface area contributed by atoms with Crippen LogP contribution in [0.15, 0.2) is 231 Å². The Labute approximate surface area is 364 Å². The monoisotopic (exact) mass is 810 g/mol. The fourth-order valence-electron chi connectivity index (χ4n) is 9.13. The van der Waals surface area contributed by atoms with Gasteiger partial charge in [0, 0.05) is 59.6 Å². The number of para-hydroxylation sites is 2. The third kappa shape index (κ3) is 6.11. The first kappa shape index (κ1) is 36.0. The van der Waals surface area contributed by atoms with Gasteiger partial charge in [-0.1, -0.05) is 152 Å². The van der Waals surface area contributed by atoms with Gasteiger partial charge in [0.25, 0.3) is 0 Å². The van der Waals surface area contributed by atoms with Crippen LogP contribution in [0.25, 0.3) is 64.3 Å². The molecular formula is C58H38N2OS. The molecule has 0 amide bonds. The zero-order valence-electron chi connectivity index (χ0n) is 33.7. The Balaban J connectivity index is 1.00. The largest absolute Gasteiger partial charge is 0.454 e. The molecule has 3 nitrogen and oxygen atoms in total. The third-order valence-electron chi connectivity index (χ3n) is 12.0. The number of nitrogens with zero attached hydrogens (tertiary/aromatic N) is 2. The van der Waals surface area contributed by atoms with Crippen LogP contribution in [-0.2, 0) is 0 Å². The van der Waals surface area contributed by atoms with Gasteiger partial charge >= 0.3 is 0 Å². The molecule has 1 aromatic heterocycles. The molecular weight excluding hydrogens is 773 g/mol. The van der Waals surface area contributed by atoms with Crippen LogP contribution in [0, 0.1) is 0 Å². The van der Waals surface area contributed by atoms with Crippen molar-refractivity contribution in [3.05, 3.63) is 231 Å². The van der Waals surface area contributed by atoms with Crippen molar-refractivity contribution in [3.63, 3.8) is 0 Å². The number of ether oxygens (including phenoxy) is 1. The highest BCUT2D eigenvalue weighted by Gasteiger charge is 2.28. The van der Waals surface area contributed by atoms with E-state index in [9.17, 15) is 0 Å². The molecule has 0 spiro atoms. The van der Waals surface area contributed by atoms with Gasteiger partial charge in [0.05, 0.1) is 5.69 Å². The van der Waals surface area contributed by atoms with Crippen molar-refractivity contribution < 1.29 is 4.74 Å². The van der Waals surface area contributed by atoms with Crippen molar-refractivity contribution in [3.8, 4) is 44.9 Å². The van der Waals surface area contributed by atoms with Crippen molar-refractivity contribution in [2.24, 2.45) is 0 Å². The van der Waals surface area contributed by atoms with Crippen molar-refractivity contribution in [2.75, 3.05) is 9.80 Å². The highest BCUT2D eigenvalue weighted by molar-refractivity contribution is 7.26. The molecule has 11 aromatic rings. The quantitative estimate of drug-likeness (QED) is 0.152.